The second-order valence-corrected chi connectivity index (χ2v) is 2.44. The average Bonchev–Trinajstić information content (AvgIpc) is 2.05. The second kappa shape index (κ2) is 4.78. The molecule has 0 radical (unpaired) electrons. The van der Waals surface area contributed by atoms with E-state index in [-0.39, 0.29) is 0 Å². The third-order valence-corrected chi connectivity index (χ3v) is 1.76. The molecule has 1 nitrogen and oxygen atoms in total. The summed E-state index contributed by atoms with van der Waals surface area (Å²) in [5, 5.41) is 0. The largest absolute Gasteiger partial charge is 0.352 e. The summed E-state index contributed by atoms with van der Waals surface area (Å²) in [6.45, 7) is 9.86. The summed E-state index contributed by atoms with van der Waals surface area (Å²) in [6.07, 6.45) is 5.98. The smallest absolute Gasteiger partial charge is 0.0386 e. The van der Waals surface area contributed by atoms with Gasteiger partial charge in [-0.3, -0.25) is 0 Å². The summed E-state index contributed by atoms with van der Waals surface area (Å²) in [5.74, 6) is 0. The molecule has 11 heavy (non-hydrogen) atoms. The minimum absolute atomic E-state index is 1.21. The zero-order valence-corrected chi connectivity index (χ0v) is 7.89. The van der Waals surface area contributed by atoms with Gasteiger partial charge in [0.2, 0.25) is 0 Å². The quantitative estimate of drug-likeness (QED) is 0.560. The molecule has 0 N–H and O–H groups in total. The summed E-state index contributed by atoms with van der Waals surface area (Å²) in [6, 6.07) is 0. The molecule has 0 aliphatic rings. The Labute approximate surface area is 69.7 Å². The molecule has 0 fully saturated rings. The number of hydrogen-bond donors (Lipinski definition) is 0. The molecule has 0 aliphatic carbocycles. The van der Waals surface area contributed by atoms with Crippen molar-refractivity contribution in [3.63, 3.8) is 0 Å². The Kier molecular flexibility index (Phi) is 4.35. The van der Waals surface area contributed by atoms with Gasteiger partial charge in [0, 0.05) is 12.7 Å². The van der Waals surface area contributed by atoms with Gasteiger partial charge in [-0.1, -0.05) is 18.7 Å². The lowest BCUT2D eigenvalue weighted by molar-refractivity contribution is 0.579. The van der Waals surface area contributed by atoms with E-state index in [1.54, 1.807) is 0 Å². The Bertz CT molecular complexity index is 187. The van der Waals surface area contributed by atoms with Gasteiger partial charge in [0.15, 0.2) is 0 Å². The first-order chi connectivity index (χ1) is 5.17. The molecule has 0 rings (SSSR count). The summed E-state index contributed by atoms with van der Waals surface area (Å²) in [5.41, 5.74) is 2.48. The zero-order valence-electron chi connectivity index (χ0n) is 7.89. The molecule has 0 saturated carbocycles. The van der Waals surface area contributed by atoms with E-state index in [1.165, 1.54) is 11.3 Å². The average molecular weight is 151 g/mol. The topological polar surface area (TPSA) is 3.24 Å². The van der Waals surface area contributed by atoms with Gasteiger partial charge in [-0.2, -0.15) is 0 Å². The van der Waals surface area contributed by atoms with E-state index < -0.39 is 0 Å². The van der Waals surface area contributed by atoms with E-state index in [0.29, 0.717) is 0 Å². The first-order valence-corrected chi connectivity index (χ1v) is 3.82. The minimum Gasteiger partial charge on any atom is -0.352 e. The van der Waals surface area contributed by atoms with Crippen LogP contribution in [0.5, 0.6) is 0 Å². The highest BCUT2D eigenvalue weighted by Crippen LogP contribution is 2.12. The maximum Gasteiger partial charge on any atom is 0.0386 e. The van der Waals surface area contributed by atoms with Gasteiger partial charge in [-0.15, -0.1) is 0 Å². The third-order valence-electron chi connectivity index (χ3n) is 1.76. The van der Waals surface area contributed by atoms with Crippen molar-refractivity contribution in [1.82, 2.24) is 4.90 Å². The number of rotatable bonds is 3. The van der Waals surface area contributed by atoms with Crippen LogP contribution in [0, 0.1) is 0 Å². The van der Waals surface area contributed by atoms with Crippen molar-refractivity contribution in [2.24, 2.45) is 0 Å². The highest BCUT2D eigenvalue weighted by atomic mass is 15.1. The number of nitrogens with zero attached hydrogens (tertiary/aromatic N) is 1. The van der Waals surface area contributed by atoms with E-state index in [2.05, 4.69) is 25.7 Å². The molecule has 0 atom stereocenters. The van der Waals surface area contributed by atoms with Crippen LogP contribution in [0.15, 0.2) is 36.2 Å². The maximum atomic E-state index is 3.70. The molecule has 0 aromatic carbocycles. The van der Waals surface area contributed by atoms with Gasteiger partial charge >= 0.3 is 0 Å². The second-order valence-electron chi connectivity index (χ2n) is 2.44. The fraction of sp³-hybridized carbons (Fsp3) is 0.400. The van der Waals surface area contributed by atoms with Gasteiger partial charge in [-0.25, -0.2) is 0 Å². The third kappa shape index (κ3) is 2.62. The van der Waals surface area contributed by atoms with E-state index in [1.807, 2.05) is 32.0 Å². The predicted octanol–water partition coefficient (Wildman–Crippen LogP) is 2.93. The van der Waals surface area contributed by atoms with Crippen molar-refractivity contribution in [1.29, 1.82) is 0 Å². The van der Waals surface area contributed by atoms with Crippen molar-refractivity contribution < 1.29 is 0 Å². The lowest BCUT2D eigenvalue weighted by Gasteiger charge is -2.17. The van der Waals surface area contributed by atoms with Crippen LogP contribution in [0.4, 0.5) is 0 Å². The molecule has 0 spiro atoms. The zero-order chi connectivity index (χ0) is 8.85. The van der Waals surface area contributed by atoms with E-state index in [9.17, 15) is 0 Å². The molecule has 0 aliphatic heterocycles. The SMILES string of the molecule is C=CN(C)C(=C\C)/C(C)=C\C. The Morgan fingerprint density at radius 1 is 1.27 bits per heavy atom. The van der Waals surface area contributed by atoms with Crippen molar-refractivity contribution in [3.8, 4) is 0 Å². The predicted molar refractivity (Wildman–Crippen MR) is 51.1 cm³/mol. The first-order valence-electron chi connectivity index (χ1n) is 3.82. The molecular weight excluding hydrogens is 134 g/mol. The summed E-state index contributed by atoms with van der Waals surface area (Å²) in [7, 11) is 2.00. The van der Waals surface area contributed by atoms with Gasteiger partial charge in [-0.05, 0) is 32.5 Å². The van der Waals surface area contributed by atoms with E-state index in [0.717, 1.165) is 0 Å². The molecule has 0 heterocycles. The van der Waals surface area contributed by atoms with Gasteiger partial charge < -0.3 is 4.90 Å². The van der Waals surface area contributed by atoms with Crippen LogP contribution < -0.4 is 0 Å². The molecular formula is C10H17N. The number of allylic oxidation sites excluding steroid dienone is 3. The van der Waals surface area contributed by atoms with E-state index in [4.69, 9.17) is 0 Å². The van der Waals surface area contributed by atoms with Gasteiger partial charge in [0.25, 0.3) is 0 Å². The van der Waals surface area contributed by atoms with Gasteiger partial charge in [0.05, 0.1) is 0 Å². The van der Waals surface area contributed by atoms with E-state index >= 15 is 0 Å². The van der Waals surface area contributed by atoms with Crippen LogP contribution in [0.3, 0.4) is 0 Å². The highest BCUT2D eigenvalue weighted by molar-refractivity contribution is 5.27. The van der Waals surface area contributed by atoms with Crippen LogP contribution in [-0.4, -0.2) is 11.9 Å². The van der Waals surface area contributed by atoms with Crippen molar-refractivity contribution >= 4 is 0 Å². The Balaban J connectivity index is 4.56. The van der Waals surface area contributed by atoms with Crippen molar-refractivity contribution in [2.75, 3.05) is 7.05 Å². The molecule has 0 unspecified atom stereocenters. The fourth-order valence-electron chi connectivity index (χ4n) is 0.956. The monoisotopic (exact) mass is 151 g/mol. The van der Waals surface area contributed by atoms with Crippen molar-refractivity contribution in [2.45, 2.75) is 20.8 Å². The fourth-order valence-corrected chi connectivity index (χ4v) is 0.956. The molecule has 1 heteroatoms. The Morgan fingerprint density at radius 3 is 2.09 bits per heavy atom. The molecule has 0 saturated heterocycles. The first kappa shape index (κ1) is 10.0. The van der Waals surface area contributed by atoms with Crippen LogP contribution in [-0.2, 0) is 0 Å². The lowest BCUT2D eigenvalue weighted by Crippen LogP contribution is -2.10. The van der Waals surface area contributed by atoms with Crippen LogP contribution in [0.2, 0.25) is 0 Å². The minimum atomic E-state index is 1.21. The highest BCUT2D eigenvalue weighted by Gasteiger charge is 1.99. The molecule has 0 bridgehead atoms. The van der Waals surface area contributed by atoms with Crippen LogP contribution in [0.1, 0.15) is 20.8 Å². The lowest BCUT2D eigenvalue weighted by atomic mass is 10.2. The van der Waals surface area contributed by atoms with Crippen LogP contribution >= 0.6 is 0 Å². The molecule has 0 aromatic rings. The van der Waals surface area contributed by atoms with Crippen LogP contribution in [0.25, 0.3) is 0 Å². The molecule has 62 valence electrons. The molecule has 0 aromatic heterocycles. The normalized spacial score (nSPS) is 13.1. The summed E-state index contributed by atoms with van der Waals surface area (Å²) < 4.78 is 0. The Hall–Kier alpha value is -0.980. The Morgan fingerprint density at radius 2 is 1.82 bits per heavy atom. The maximum absolute atomic E-state index is 3.70. The van der Waals surface area contributed by atoms with Gasteiger partial charge in [0.1, 0.15) is 0 Å². The number of likely N-dealkylation sites (N-methyl/N-ethyl adjacent to an activating group) is 1. The summed E-state index contributed by atoms with van der Waals surface area (Å²) >= 11 is 0. The standard InChI is InChI=1S/C10H17N/c1-6-9(4)10(7-2)11(5)8-3/h6-8H,3H2,1-2,4-5H3/b9-6-,10-7-. The summed E-state index contributed by atoms with van der Waals surface area (Å²) in [4.78, 5) is 2.01. The molecule has 0 amide bonds. The number of hydrogen-bond acceptors (Lipinski definition) is 1. The van der Waals surface area contributed by atoms with Crippen molar-refractivity contribution in [3.05, 3.63) is 36.2 Å².